The predicted molar refractivity (Wildman–Crippen MR) is 124 cm³/mol. The molecule has 0 bridgehead atoms. The first-order valence-electron chi connectivity index (χ1n) is 10.8. The van der Waals surface area contributed by atoms with Gasteiger partial charge in [0, 0.05) is 23.9 Å². The molecule has 2 aromatic carbocycles. The highest BCUT2D eigenvalue weighted by molar-refractivity contribution is 7.99. The van der Waals surface area contributed by atoms with Crippen LogP contribution >= 0.6 is 11.8 Å². The van der Waals surface area contributed by atoms with Crippen molar-refractivity contribution in [3.8, 4) is 11.4 Å². The summed E-state index contributed by atoms with van der Waals surface area (Å²) in [5, 5.41) is 9.38. The van der Waals surface area contributed by atoms with E-state index in [1.54, 1.807) is 17.0 Å². The first-order chi connectivity index (χ1) is 15.5. The van der Waals surface area contributed by atoms with Crippen LogP contribution < -0.4 is 4.90 Å². The van der Waals surface area contributed by atoms with Gasteiger partial charge in [0.1, 0.15) is 5.82 Å². The number of ether oxygens (including phenoxy) is 1. The van der Waals surface area contributed by atoms with Gasteiger partial charge in [0.2, 0.25) is 5.91 Å². The number of anilines is 1. The molecule has 4 rings (SSSR count). The number of carbonyl (C=O) groups is 1. The lowest BCUT2D eigenvalue weighted by atomic mass is 10.2. The van der Waals surface area contributed by atoms with Crippen LogP contribution in [0.15, 0.2) is 59.8 Å². The Kier molecular flexibility index (Phi) is 7.22. The van der Waals surface area contributed by atoms with E-state index in [0.29, 0.717) is 17.5 Å². The van der Waals surface area contributed by atoms with Crippen molar-refractivity contribution in [1.29, 1.82) is 0 Å². The fourth-order valence-corrected chi connectivity index (χ4v) is 4.69. The molecule has 168 valence electrons. The van der Waals surface area contributed by atoms with Crippen LogP contribution in [0.2, 0.25) is 0 Å². The Labute approximate surface area is 191 Å². The summed E-state index contributed by atoms with van der Waals surface area (Å²) < 4.78 is 21.2. The van der Waals surface area contributed by atoms with Crippen molar-refractivity contribution in [2.75, 3.05) is 17.3 Å². The van der Waals surface area contributed by atoms with Gasteiger partial charge in [-0.1, -0.05) is 30.0 Å². The number of thioether (sulfide) groups is 1. The molecule has 1 aliphatic heterocycles. The third-order valence-corrected chi connectivity index (χ3v) is 6.33. The van der Waals surface area contributed by atoms with Gasteiger partial charge in [-0.3, -0.25) is 9.36 Å². The number of benzene rings is 2. The average Bonchev–Trinajstić information content (AvgIpc) is 3.44. The Morgan fingerprint density at radius 3 is 2.59 bits per heavy atom. The van der Waals surface area contributed by atoms with Crippen LogP contribution in [0.25, 0.3) is 11.4 Å². The Morgan fingerprint density at radius 1 is 1.19 bits per heavy atom. The zero-order chi connectivity index (χ0) is 22.5. The van der Waals surface area contributed by atoms with E-state index in [1.165, 1.54) is 23.9 Å². The minimum Gasteiger partial charge on any atom is -0.376 e. The number of carbonyl (C=O) groups excluding carboxylic acids is 1. The summed E-state index contributed by atoms with van der Waals surface area (Å²) in [5.74, 6) is 0.597. The second-order valence-corrected chi connectivity index (χ2v) is 8.98. The summed E-state index contributed by atoms with van der Waals surface area (Å²) in [6.07, 6.45) is 2.08. The number of amides is 1. The van der Waals surface area contributed by atoms with Crippen LogP contribution in [-0.4, -0.2) is 45.2 Å². The van der Waals surface area contributed by atoms with Gasteiger partial charge < -0.3 is 9.64 Å². The zero-order valence-corrected chi connectivity index (χ0v) is 19.1. The Balaban J connectivity index is 1.55. The quantitative estimate of drug-likeness (QED) is 0.458. The zero-order valence-electron chi connectivity index (χ0n) is 18.3. The third-order valence-electron chi connectivity index (χ3n) is 5.37. The molecular weight excluding hydrogens is 427 g/mol. The van der Waals surface area contributed by atoms with E-state index in [-0.39, 0.29) is 29.6 Å². The van der Waals surface area contributed by atoms with E-state index >= 15 is 0 Å². The lowest BCUT2D eigenvalue weighted by Gasteiger charge is -2.26. The molecule has 6 nitrogen and oxygen atoms in total. The van der Waals surface area contributed by atoms with Gasteiger partial charge in [-0.2, -0.15) is 0 Å². The number of aromatic nitrogens is 3. The van der Waals surface area contributed by atoms with E-state index in [9.17, 15) is 9.18 Å². The van der Waals surface area contributed by atoms with Crippen molar-refractivity contribution in [3.05, 3.63) is 60.4 Å². The minimum absolute atomic E-state index is 0.00574. The van der Waals surface area contributed by atoms with E-state index < -0.39 is 0 Å². The number of hydrogen-bond donors (Lipinski definition) is 0. The van der Waals surface area contributed by atoms with Crippen molar-refractivity contribution in [2.45, 2.75) is 50.5 Å². The highest BCUT2D eigenvalue weighted by atomic mass is 32.2. The smallest absolute Gasteiger partial charge is 0.237 e. The predicted octanol–water partition coefficient (Wildman–Crippen LogP) is 4.80. The number of nitrogens with zero attached hydrogens (tertiary/aromatic N) is 4. The van der Waals surface area contributed by atoms with E-state index in [4.69, 9.17) is 4.74 Å². The molecule has 2 heterocycles. The average molecular weight is 455 g/mol. The number of hydrogen-bond acceptors (Lipinski definition) is 5. The van der Waals surface area contributed by atoms with Crippen LogP contribution in [0.3, 0.4) is 0 Å². The third kappa shape index (κ3) is 5.19. The van der Waals surface area contributed by atoms with Gasteiger partial charge in [-0.05, 0) is 63.1 Å². The fraction of sp³-hybridized carbons (Fsp3) is 0.375. The molecule has 0 aliphatic carbocycles. The maximum atomic E-state index is 13.4. The van der Waals surface area contributed by atoms with Gasteiger partial charge in [0.05, 0.1) is 18.4 Å². The first-order valence-corrected chi connectivity index (χ1v) is 11.8. The SMILES string of the molecule is CC(C)N(C(=O)CSc1nnc(-c2ccc(F)cc2)n1CC1CCCO1)c1ccccc1. The maximum absolute atomic E-state index is 13.4. The normalized spacial score (nSPS) is 15.9. The van der Waals surface area contributed by atoms with Crippen molar-refractivity contribution in [2.24, 2.45) is 0 Å². The van der Waals surface area contributed by atoms with E-state index in [0.717, 1.165) is 30.7 Å². The second-order valence-electron chi connectivity index (χ2n) is 8.04. The van der Waals surface area contributed by atoms with Crippen LogP contribution in [0.1, 0.15) is 26.7 Å². The Hall–Kier alpha value is -2.71. The summed E-state index contributed by atoms with van der Waals surface area (Å²) >= 11 is 1.37. The van der Waals surface area contributed by atoms with Crippen molar-refractivity contribution in [3.63, 3.8) is 0 Å². The minimum atomic E-state index is -0.297. The number of halogens is 1. The molecule has 1 aromatic heterocycles. The van der Waals surface area contributed by atoms with Gasteiger partial charge >= 0.3 is 0 Å². The molecule has 3 aromatic rings. The second kappa shape index (κ2) is 10.3. The molecule has 1 unspecified atom stereocenters. The largest absolute Gasteiger partial charge is 0.376 e. The standard InChI is InChI=1S/C24H27FN4O2S/c1-17(2)29(20-7-4-3-5-8-20)22(30)16-32-24-27-26-23(18-10-12-19(25)13-11-18)28(24)15-21-9-6-14-31-21/h3-5,7-8,10-13,17,21H,6,9,14-16H2,1-2H3. The number of rotatable bonds is 8. The molecule has 0 spiro atoms. The van der Waals surface area contributed by atoms with Gasteiger partial charge in [0.25, 0.3) is 0 Å². The molecule has 1 saturated heterocycles. The summed E-state index contributed by atoms with van der Waals surface area (Å²) in [6.45, 7) is 5.35. The summed E-state index contributed by atoms with van der Waals surface area (Å²) in [6, 6.07) is 15.9. The van der Waals surface area contributed by atoms with Gasteiger partial charge in [-0.15, -0.1) is 10.2 Å². The molecule has 1 aliphatic rings. The monoisotopic (exact) mass is 454 g/mol. The maximum Gasteiger partial charge on any atom is 0.237 e. The van der Waals surface area contributed by atoms with Crippen molar-refractivity contribution in [1.82, 2.24) is 14.8 Å². The lowest BCUT2D eigenvalue weighted by molar-refractivity contribution is -0.116. The number of para-hydroxylation sites is 1. The molecule has 0 saturated carbocycles. The molecule has 1 atom stereocenters. The summed E-state index contributed by atoms with van der Waals surface area (Å²) in [7, 11) is 0. The lowest BCUT2D eigenvalue weighted by Crippen LogP contribution is -2.38. The van der Waals surface area contributed by atoms with Crippen LogP contribution in [0.5, 0.6) is 0 Å². The highest BCUT2D eigenvalue weighted by Gasteiger charge is 2.24. The fourth-order valence-electron chi connectivity index (χ4n) is 3.88. The van der Waals surface area contributed by atoms with Crippen LogP contribution in [-0.2, 0) is 16.1 Å². The summed E-state index contributed by atoms with van der Waals surface area (Å²) in [4.78, 5) is 14.9. The van der Waals surface area contributed by atoms with E-state index in [1.807, 2.05) is 48.7 Å². The van der Waals surface area contributed by atoms with Crippen molar-refractivity contribution >= 4 is 23.4 Å². The molecular formula is C24H27FN4O2S. The first kappa shape index (κ1) is 22.5. The molecule has 0 N–H and O–H groups in total. The summed E-state index contributed by atoms with van der Waals surface area (Å²) in [5.41, 5.74) is 1.66. The topological polar surface area (TPSA) is 60.2 Å². The van der Waals surface area contributed by atoms with Gasteiger partial charge in [0.15, 0.2) is 11.0 Å². The molecule has 1 fully saturated rings. The molecule has 1 amide bonds. The van der Waals surface area contributed by atoms with Crippen LogP contribution in [0, 0.1) is 5.82 Å². The highest BCUT2D eigenvalue weighted by Crippen LogP contribution is 2.28. The molecule has 8 heteroatoms. The molecule has 0 radical (unpaired) electrons. The molecule has 32 heavy (non-hydrogen) atoms. The Morgan fingerprint density at radius 2 is 1.94 bits per heavy atom. The van der Waals surface area contributed by atoms with Crippen LogP contribution in [0.4, 0.5) is 10.1 Å². The van der Waals surface area contributed by atoms with Gasteiger partial charge in [-0.25, -0.2) is 4.39 Å². The van der Waals surface area contributed by atoms with E-state index in [2.05, 4.69) is 10.2 Å². The van der Waals surface area contributed by atoms with Crippen molar-refractivity contribution < 1.29 is 13.9 Å². The Bertz CT molecular complexity index is 1030.